The number of nitrogens with zero attached hydrogens (tertiary/aromatic N) is 2. The Kier molecular flexibility index (Phi) is 23.9. The smallest absolute Gasteiger partial charge is 0.407 e. The number of carbonyl (C=O) groups excluding carboxylic acids is 9. The Balaban J connectivity index is 2.30. The summed E-state index contributed by atoms with van der Waals surface area (Å²) in [6, 6.07) is 8.69. The number of nitrogens with one attached hydrogen (secondary N) is 5. The highest BCUT2D eigenvalue weighted by atomic mass is 16.6. The van der Waals surface area contributed by atoms with E-state index in [1.54, 1.807) is 120 Å². The summed E-state index contributed by atoms with van der Waals surface area (Å²) in [6.07, 6.45) is 0.701. The number of unbranched alkanes of at least 4 members (excludes halogenated alkanes) is 1. The average molecular weight is 1090 g/mol. The van der Waals surface area contributed by atoms with Gasteiger partial charge in [0.1, 0.15) is 57.7 Å². The molecule has 0 spiro atoms. The van der Waals surface area contributed by atoms with E-state index in [0.29, 0.717) is 24.8 Å². The normalized spacial score (nSPS) is 13.3. The van der Waals surface area contributed by atoms with Gasteiger partial charge >= 0.3 is 30.0 Å². The number of amides is 5. The van der Waals surface area contributed by atoms with Crippen LogP contribution in [0.5, 0.6) is 0 Å². The SMILES string of the molecule is CCCC(NC(=O)c1cc(-c2cc(C(=O)NC(CCCCNC(=O)OC(C)(C)C)C(=O)OC)nc(C(=O)NC(Cc3ccccc3)C(=O)OC(C)(C)C)c2)cc(C(=O)NC(COC(C)(C)C)C(=O)OC(C)(C)C)n1)C(=O)OC. The Labute approximate surface area is 456 Å². The van der Waals surface area contributed by atoms with Gasteiger partial charge in [0.25, 0.3) is 23.6 Å². The van der Waals surface area contributed by atoms with Gasteiger partial charge in [0, 0.05) is 13.0 Å². The van der Waals surface area contributed by atoms with Crippen molar-refractivity contribution < 1.29 is 71.6 Å². The molecule has 0 fully saturated rings. The summed E-state index contributed by atoms with van der Waals surface area (Å²) >= 11 is 0. The predicted octanol–water partition coefficient (Wildman–Crippen LogP) is 6.12. The van der Waals surface area contributed by atoms with E-state index < -0.39 is 123 Å². The highest BCUT2D eigenvalue weighted by Gasteiger charge is 2.33. The minimum absolute atomic E-state index is 0.00866. The second-order valence-corrected chi connectivity index (χ2v) is 22.3. The number of carbonyl (C=O) groups is 9. The van der Waals surface area contributed by atoms with E-state index >= 15 is 0 Å². The summed E-state index contributed by atoms with van der Waals surface area (Å²) in [4.78, 5) is 132. The van der Waals surface area contributed by atoms with Crippen molar-refractivity contribution >= 4 is 53.6 Å². The number of methoxy groups -OCH3 is 2. The summed E-state index contributed by atoms with van der Waals surface area (Å²) < 4.78 is 32.4. The number of alkyl carbamates (subject to hydrolysis) is 1. The van der Waals surface area contributed by atoms with Crippen LogP contribution in [0.15, 0.2) is 54.6 Å². The first-order valence-electron chi connectivity index (χ1n) is 25.8. The molecule has 22 heteroatoms. The third-order valence-corrected chi connectivity index (χ3v) is 10.6. The van der Waals surface area contributed by atoms with Gasteiger partial charge in [0.15, 0.2) is 6.04 Å². The highest BCUT2D eigenvalue weighted by Crippen LogP contribution is 2.25. The molecule has 4 unspecified atom stereocenters. The number of pyridine rings is 2. The zero-order valence-electron chi connectivity index (χ0n) is 47.7. The van der Waals surface area contributed by atoms with Crippen molar-refractivity contribution in [3.8, 4) is 11.1 Å². The lowest BCUT2D eigenvalue weighted by atomic mass is 10.0. The molecule has 22 nitrogen and oxygen atoms in total. The molecule has 3 rings (SSSR count). The number of aromatic nitrogens is 2. The fourth-order valence-corrected chi connectivity index (χ4v) is 7.13. The summed E-state index contributed by atoms with van der Waals surface area (Å²) in [6.45, 7) is 22.0. The molecule has 0 aliphatic heterocycles. The van der Waals surface area contributed by atoms with Crippen LogP contribution in [0.2, 0.25) is 0 Å². The largest absolute Gasteiger partial charge is 0.467 e. The van der Waals surface area contributed by atoms with Gasteiger partial charge in [-0.05, 0) is 150 Å². The first kappa shape index (κ1) is 64.8. The fraction of sp³-hybridized carbons (Fsp3) is 0.554. The molecule has 0 saturated carbocycles. The van der Waals surface area contributed by atoms with E-state index in [4.69, 9.17) is 28.4 Å². The van der Waals surface area contributed by atoms with E-state index in [1.807, 2.05) is 0 Å². The van der Waals surface area contributed by atoms with Crippen molar-refractivity contribution in [1.29, 1.82) is 0 Å². The highest BCUT2D eigenvalue weighted by molar-refractivity contribution is 6.03. The molecule has 0 radical (unpaired) electrons. The Morgan fingerprint density at radius 1 is 0.487 bits per heavy atom. The first-order chi connectivity index (χ1) is 36.2. The first-order valence-corrected chi connectivity index (χ1v) is 25.8. The van der Waals surface area contributed by atoms with Crippen LogP contribution in [-0.2, 0) is 54.0 Å². The summed E-state index contributed by atoms with van der Waals surface area (Å²) in [7, 11) is 2.29. The molecule has 4 atom stereocenters. The number of hydrogen-bond donors (Lipinski definition) is 5. The van der Waals surface area contributed by atoms with E-state index in [0.717, 1.165) is 14.2 Å². The van der Waals surface area contributed by atoms with Gasteiger partial charge in [0.05, 0.1) is 26.4 Å². The minimum Gasteiger partial charge on any atom is -0.467 e. The Morgan fingerprint density at radius 2 is 0.885 bits per heavy atom. The summed E-state index contributed by atoms with van der Waals surface area (Å²) in [5.74, 6) is -7.01. The molecule has 3 aromatic rings. The fourth-order valence-electron chi connectivity index (χ4n) is 7.13. The Morgan fingerprint density at radius 3 is 1.28 bits per heavy atom. The second-order valence-electron chi connectivity index (χ2n) is 22.3. The van der Waals surface area contributed by atoms with Gasteiger partial charge in [-0.3, -0.25) is 19.2 Å². The van der Waals surface area contributed by atoms with Crippen LogP contribution >= 0.6 is 0 Å². The Bertz CT molecular complexity index is 2600. The number of rotatable bonds is 24. The molecular weight excluding hydrogens is 1010 g/mol. The van der Waals surface area contributed by atoms with Crippen molar-refractivity contribution in [2.45, 2.75) is 175 Å². The summed E-state index contributed by atoms with van der Waals surface area (Å²) in [5, 5.41) is 13.2. The minimum atomic E-state index is -1.39. The van der Waals surface area contributed by atoms with Crippen molar-refractivity contribution in [2.24, 2.45) is 0 Å². The van der Waals surface area contributed by atoms with Crippen LogP contribution in [-0.4, -0.2) is 138 Å². The second kappa shape index (κ2) is 28.8. The van der Waals surface area contributed by atoms with Gasteiger partial charge in [-0.1, -0.05) is 43.7 Å². The monoisotopic (exact) mass is 1090 g/mol. The molecular formula is C56H79N7O15. The lowest BCUT2D eigenvalue weighted by Gasteiger charge is -2.27. The van der Waals surface area contributed by atoms with Gasteiger partial charge in [-0.15, -0.1) is 0 Å². The zero-order chi connectivity index (χ0) is 58.8. The quantitative estimate of drug-likeness (QED) is 0.0383. The topological polar surface area (TPSA) is 295 Å². The van der Waals surface area contributed by atoms with Crippen molar-refractivity contribution in [3.63, 3.8) is 0 Å². The molecule has 78 heavy (non-hydrogen) atoms. The van der Waals surface area contributed by atoms with E-state index in [-0.39, 0.29) is 43.5 Å². The molecule has 2 heterocycles. The number of benzene rings is 1. The maximum atomic E-state index is 14.6. The molecule has 428 valence electrons. The van der Waals surface area contributed by atoms with E-state index in [1.165, 1.54) is 24.3 Å². The molecule has 1 aromatic carbocycles. The molecule has 5 amide bonds. The van der Waals surface area contributed by atoms with Crippen LogP contribution in [0.4, 0.5) is 4.79 Å². The van der Waals surface area contributed by atoms with Gasteiger partial charge in [0.2, 0.25) is 0 Å². The summed E-state index contributed by atoms with van der Waals surface area (Å²) in [5.41, 5.74) is -4.50. The average Bonchev–Trinajstić information content (AvgIpc) is 3.34. The third kappa shape index (κ3) is 23.0. The molecule has 0 aliphatic carbocycles. The van der Waals surface area contributed by atoms with Crippen molar-refractivity contribution in [3.05, 3.63) is 82.9 Å². The lowest BCUT2D eigenvalue weighted by molar-refractivity contribution is -0.160. The number of ether oxygens (including phenoxy) is 6. The van der Waals surface area contributed by atoms with Gasteiger partial charge in [-0.25, -0.2) is 33.9 Å². The standard InChI is InChI=1S/C56H79N7O15/c1-16-22-36(48(68)73-14)60-44(64)38-28-35(31-41(59-38)47(67)63-43(32-75-53(2,3)4)51(71)77-55(8,9)10)34-29-39(45(65)61-37(49(69)74-15)25-20-21-26-57-52(72)78-56(11,12)13)58-40(30-34)46(66)62-42(50(70)76-54(5,6)7)27-33-23-18-17-19-24-33/h17-19,23-24,28-31,36-37,42-43H,16,20-22,25-27,32H2,1-15H3,(H,57,72)(H,60,64)(H,61,65)(H,62,66)(H,63,67). The van der Waals surface area contributed by atoms with E-state index in [9.17, 15) is 43.2 Å². The van der Waals surface area contributed by atoms with Gasteiger partial charge in [-0.2, -0.15) is 0 Å². The van der Waals surface area contributed by atoms with Crippen LogP contribution in [0, 0.1) is 0 Å². The zero-order valence-corrected chi connectivity index (χ0v) is 47.7. The molecule has 0 saturated heterocycles. The molecule has 5 N–H and O–H groups in total. The molecule has 2 aromatic heterocycles. The van der Waals surface area contributed by atoms with Crippen LogP contribution in [0.1, 0.15) is 170 Å². The number of hydrogen-bond acceptors (Lipinski definition) is 17. The molecule has 0 aliphatic rings. The predicted molar refractivity (Wildman–Crippen MR) is 287 cm³/mol. The van der Waals surface area contributed by atoms with Crippen molar-refractivity contribution in [1.82, 2.24) is 36.6 Å². The third-order valence-electron chi connectivity index (χ3n) is 10.6. The van der Waals surface area contributed by atoms with Crippen LogP contribution < -0.4 is 26.6 Å². The lowest BCUT2D eigenvalue weighted by Crippen LogP contribution is -2.48. The van der Waals surface area contributed by atoms with Gasteiger partial charge < -0.3 is 55.0 Å². The van der Waals surface area contributed by atoms with E-state index in [2.05, 4.69) is 36.6 Å². The van der Waals surface area contributed by atoms with Crippen molar-refractivity contribution in [2.75, 3.05) is 27.4 Å². The molecule has 0 bridgehead atoms. The van der Waals surface area contributed by atoms with Crippen LogP contribution in [0.3, 0.4) is 0 Å². The maximum absolute atomic E-state index is 14.6. The maximum Gasteiger partial charge on any atom is 0.407 e. The van der Waals surface area contributed by atoms with Crippen LogP contribution in [0.25, 0.3) is 11.1 Å². The Hall–Kier alpha value is -7.49. The number of esters is 4.